The van der Waals surface area contributed by atoms with Crippen molar-refractivity contribution in [2.24, 2.45) is 0 Å². The van der Waals surface area contributed by atoms with Gasteiger partial charge in [0.25, 0.3) is 0 Å². The molecule has 2 aromatic carbocycles. The Kier molecular flexibility index (Phi) is 4.91. The van der Waals surface area contributed by atoms with E-state index in [9.17, 15) is 4.79 Å². The van der Waals surface area contributed by atoms with E-state index >= 15 is 0 Å². The number of esters is 1. The lowest BCUT2D eigenvalue weighted by atomic mass is 10.2. The van der Waals surface area contributed by atoms with Crippen LogP contribution < -0.4 is 4.74 Å². The van der Waals surface area contributed by atoms with E-state index in [0.717, 1.165) is 16.1 Å². The number of benzene rings is 2. The Morgan fingerprint density at radius 3 is 2.54 bits per heavy atom. The van der Waals surface area contributed by atoms with Crippen molar-refractivity contribution in [1.82, 2.24) is 4.98 Å². The predicted molar refractivity (Wildman–Crippen MR) is 94.4 cm³/mol. The van der Waals surface area contributed by atoms with Crippen LogP contribution in [-0.2, 0) is 11.3 Å². The lowest BCUT2D eigenvalue weighted by Crippen LogP contribution is -2.05. The molecule has 0 aliphatic carbocycles. The average Bonchev–Trinajstić information content (AvgIpc) is 3.02. The van der Waals surface area contributed by atoms with Crippen molar-refractivity contribution in [2.45, 2.75) is 13.5 Å². The van der Waals surface area contributed by atoms with Crippen LogP contribution in [0, 0.1) is 6.92 Å². The first-order valence-electron chi connectivity index (χ1n) is 7.51. The highest BCUT2D eigenvalue weighted by Crippen LogP contribution is 2.28. The summed E-state index contributed by atoms with van der Waals surface area (Å²) >= 11 is 1.35. The molecule has 1 heterocycles. The van der Waals surface area contributed by atoms with Crippen LogP contribution in [0.25, 0.3) is 10.6 Å². The maximum Gasteiger partial charge on any atom is 0.350 e. The highest BCUT2D eigenvalue weighted by Gasteiger charge is 2.18. The van der Waals surface area contributed by atoms with Gasteiger partial charge in [-0.3, -0.25) is 0 Å². The van der Waals surface area contributed by atoms with Gasteiger partial charge in [0.15, 0.2) is 0 Å². The smallest absolute Gasteiger partial charge is 0.350 e. The zero-order valence-corrected chi connectivity index (χ0v) is 14.3. The minimum atomic E-state index is -0.363. The van der Waals surface area contributed by atoms with Gasteiger partial charge in [0.1, 0.15) is 22.2 Å². The molecule has 0 bridgehead atoms. The summed E-state index contributed by atoms with van der Waals surface area (Å²) in [7, 11) is 1.60. The number of hydrogen-bond acceptors (Lipinski definition) is 5. The molecule has 0 saturated carbocycles. The molecule has 0 unspecified atom stereocenters. The van der Waals surface area contributed by atoms with Crippen molar-refractivity contribution in [2.75, 3.05) is 7.11 Å². The maximum atomic E-state index is 12.4. The van der Waals surface area contributed by atoms with E-state index < -0.39 is 0 Å². The standard InChI is InChI=1S/C19H17NO3S/c1-13-17(24-18(20-13)14-8-4-3-5-9-14)19(21)23-12-15-10-6-7-11-16(15)22-2/h3-11H,12H2,1-2H3. The zero-order chi connectivity index (χ0) is 16.9. The summed E-state index contributed by atoms with van der Waals surface area (Å²) in [6.07, 6.45) is 0. The number of aromatic nitrogens is 1. The second-order valence-corrected chi connectivity index (χ2v) is 6.19. The number of para-hydroxylation sites is 1. The Hall–Kier alpha value is -2.66. The number of rotatable bonds is 5. The van der Waals surface area contributed by atoms with Crippen LogP contribution in [0.4, 0.5) is 0 Å². The summed E-state index contributed by atoms with van der Waals surface area (Å²) in [5.41, 5.74) is 2.51. The van der Waals surface area contributed by atoms with Gasteiger partial charge in [-0.25, -0.2) is 9.78 Å². The van der Waals surface area contributed by atoms with Gasteiger partial charge in [-0.05, 0) is 13.0 Å². The molecule has 0 aliphatic rings. The normalized spacial score (nSPS) is 10.4. The number of hydrogen-bond donors (Lipinski definition) is 0. The topological polar surface area (TPSA) is 48.4 Å². The van der Waals surface area contributed by atoms with Crippen LogP contribution in [0.5, 0.6) is 5.75 Å². The molecule has 122 valence electrons. The lowest BCUT2D eigenvalue weighted by molar-refractivity contribution is 0.0475. The molecule has 5 heteroatoms. The first kappa shape index (κ1) is 16.2. The Morgan fingerprint density at radius 1 is 1.08 bits per heavy atom. The highest BCUT2D eigenvalue weighted by molar-refractivity contribution is 7.17. The number of aryl methyl sites for hydroxylation is 1. The molecule has 3 aromatic rings. The summed E-state index contributed by atoms with van der Waals surface area (Å²) < 4.78 is 10.7. The number of ether oxygens (including phenoxy) is 2. The van der Waals surface area contributed by atoms with Crippen LogP contribution in [0.15, 0.2) is 54.6 Å². The molecule has 24 heavy (non-hydrogen) atoms. The van der Waals surface area contributed by atoms with Crippen molar-refractivity contribution < 1.29 is 14.3 Å². The van der Waals surface area contributed by atoms with E-state index in [2.05, 4.69) is 4.98 Å². The van der Waals surface area contributed by atoms with E-state index in [4.69, 9.17) is 9.47 Å². The van der Waals surface area contributed by atoms with Crippen LogP contribution >= 0.6 is 11.3 Å². The number of methoxy groups -OCH3 is 1. The summed E-state index contributed by atoms with van der Waals surface area (Å²) in [4.78, 5) is 17.4. The fourth-order valence-corrected chi connectivity index (χ4v) is 3.29. The molecule has 4 nitrogen and oxygen atoms in total. The third-order valence-corrected chi connectivity index (χ3v) is 4.74. The fourth-order valence-electron chi connectivity index (χ4n) is 2.32. The Morgan fingerprint density at radius 2 is 1.79 bits per heavy atom. The molecule has 0 atom stereocenters. The van der Waals surface area contributed by atoms with Gasteiger partial charge < -0.3 is 9.47 Å². The SMILES string of the molecule is COc1ccccc1COC(=O)c1sc(-c2ccccc2)nc1C. The predicted octanol–water partition coefficient (Wildman–Crippen LogP) is 4.48. The van der Waals surface area contributed by atoms with Crippen molar-refractivity contribution in [3.8, 4) is 16.3 Å². The fraction of sp³-hybridized carbons (Fsp3) is 0.158. The van der Waals surface area contributed by atoms with Crippen molar-refractivity contribution in [1.29, 1.82) is 0 Å². The van der Waals surface area contributed by atoms with Gasteiger partial charge >= 0.3 is 5.97 Å². The molecule has 0 aliphatic heterocycles. The first-order chi connectivity index (χ1) is 11.7. The molecule has 0 N–H and O–H groups in total. The van der Waals surface area contributed by atoms with Crippen molar-refractivity contribution in [3.05, 3.63) is 70.7 Å². The van der Waals surface area contributed by atoms with Crippen molar-refractivity contribution in [3.63, 3.8) is 0 Å². The Bertz CT molecular complexity index is 843. The maximum absolute atomic E-state index is 12.4. The number of nitrogens with zero attached hydrogens (tertiary/aromatic N) is 1. The van der Waals surface area contributed by atoms with Crippen LogP contribution in [-0.4, -0.2) is 18.1 Å². The largest absolute Gasteiger partial charge is 0.496 e. The average molecular weight is 339 g/mol. The summed E-state index contributed by atoms with van der Waals surface area (Å²) in [6, 6.07) is 17.3. The van der Waals surface area contributed by atoms with Gasteiger partial charge in [0, 0.05) is 11.1 Å². The lowest BCUT2D eigenvalue weighted by Gasteiger charge is -2.08. The summed E-state index contributed by atoms with van der Waals surface area (Å²) in [5.74, 6) is 0.342. The third kappa shape index (κ3) is 3.46. The summed E-state index contributed by atoms with van der Waals surface area (Å²) in [5, 5.41) is 0.817. The third-order valence-electron chi connectivity index (χ3n) is 3.55. The molecule has 0 fully saturated rings. The van der Waals surface area contributed by atoms with Gasteiger partial charge in [0.05, 0.1) is 12.8 Å². The second-order valence-electron chi connectivity index (χ2n) is 5.19. The minimum Gasteiger partial charge on any atom is -0.496 e. The van der Waals surface area contributed by atoms with Crippen LogP contribution in [0.1, 0.15) is 20.9 Å². The minimum absolute atomic E-state index is 0.168. The van der Waals surface area contributed by atoms with Crippen molar-refractivity contribution >= 4 is 17.3 Å². The van der Waals surface area contributed by atoms with Gasteiger partial charge in [-0.2, -0.15) is 0 Å². The number of thiazole rings is 1. The number of carbonyl (C=O) groups is 1. The zero-order valence-electron chi connectivity index (χ0n) is 13.5. The molecule has 0 saturated heterocycles. The molecule has 3 rings (SSSR count). The second kappa shape index (κ2) is 7.27. The quantitative estimate of drug-likeness (QED) is 0.643. The van der Waals surface area contributed by atoms with E-state index in [0.29, 0.717) is 16.3 Å². The highest BCUT2D eigenvalue weighted by atomic mass is 32.1. The van der Waals surface area contributed by atoms with Crippen LogP contribution in [0.2, 0.25) is 0 Å². The number of carbonyl (C=O) groups excluding carboxylic acids is 1. The molecule has 0 radical (unpaired) electrons. The first-order valence-corrected chi connectivity index (χ1v) is 8.32. The van der Waals surface area contributed by atoms with Gasteiger partial charge in [-0.15, -0.1) is 11.3 Å². The van der Waals surface area contributed by atoms with Gasteiger partial charge in [0.2, 0.25) is 0 Å². The molecule has 0 amide bonds. The monoisotopic (exact) mass is 339 g/mol. The Labute approximate surface area is 144 Å². The summed E-state index contributed by atoms with van der Waals surface area (Å²) in [6.45, 7) is 1.99. The molecular weight excluding hydrogens is 322 g/mol. The van der Waals surface area contributed by atoms with E-state index in [1.807, 2.05) is 61.5 Å². The molecule has 0 spiro atoms. The van der Waals surface area contributed by atoms with E-state index in [-0.39, 0.29) is 12.6 Å². The van der Waals surface area contributed by atoms with Gasteiger partial charge in [-0.1, -0.05) is 48.5 Å². The molecule has 1 aromatic heterocycles. The van der Waals surface area contributed by atoms with E-state index in [1.54, 1.807) is 7.11 Å². The Balaban J connectivity index is 1.75. The van der Waals surface area contributed by atoms with E-state index in [1.165, 1.54) is 11.3 Å². The molecular formula is C19H17NO3S. The van der Waals surface area contributed by atoms with Crippen LogP contribution in [0.3, 0.4) is 0 Å².